The molecule has 7 heteroatoms. The Balaban J connectivity index is 1.46. The van der Waals surface area contributed by atoms with E-state index in [4.69, 9.17) is 18.9 Å². The van der Waals surface area contributed by atoms with Gasteiger partial charge in [-0.15, -0.1) is 0 Å². The zero-order valence-electron chi connectivity index (χ0n) is 19.4. The molecule has 3 aromatic carbocycles. The molecule has 0 spiro atoms. The zero-order valence-corrected chi connectivity index (χ0v) is 19.4. The van der Waals surface area contributed by atoms with E-state index in [2.05, 4.69) is 6.58 Å². The lowest BCUT2D eigenvalue weighted by atomic mass is 10.1. The normalized spacial score (nSPS) is 10.2. The highest BCUT2D eigenvalue weighted by atomic mass is 16.5. The summed E-state index contributed by atoms with van der Waals surface area (Å²) in [7, 11) is 0. The molecule has 3 aromatic rings. The third-order valence-corrected chi connectivity index (χ3v) is 4.90. The van der Waals surface area contributed by atoms with E-state index in [0.29, 0.717) is 41.4 Å². The molecule has 0 unspecified atom stereocenters. The van der Waals surface area contributed by atoms with Crippen molar-refractivity contribution in [3.8, 4) is 17.2 Å². The first-order valence-corrected chi connectivity index (χ1v) is 11.1. The summed E-state index contributed by atoms with van der Waals surface area (Å²) >= 11 is 0. The number of rotatable bonds is 11. The second kappa shape index (κ2) is 12.7. The molecule has 0 atom stereocenters. The van der Waals surface area contributed by atoms with Crippen molar-refractivity contribution in [3.05, 3.63) is 102 Å². The lowest BCUT2D eigenvalue weighted by Gasteiger charge is -2.09. The van der Waals surface area contributed by atoms with Crippen LogP contribution in [0, 0.1) is 0 Å². The maximum absolute atomic E-state index is 12.4. The minimum Gasteiger partial charge on any atom is -0.493 e. The number of esters is 3. The van der Waals surface area contributed by atoms with Crippen LogP contribution in [0.1, 0.15) is 39.6 Å². The Labute approximate surface area is 203 Å². The summed E-state index contributed by atoms with van der Waals surface area (Å²) < 4.78 is 21.2. The van der Waals surface area contributed by atoms with Gasteiger partial charge in [-0.1, -0.05) is 25.6 Å². The Kier molecular flexibility index (Phi) is 9.19. The standard InChI is InChI=1S/C28H26O7/c1-3-20-6-8-21(9-7-20)27(30)34-24-14-16-25(17-15-24)35-28(31)22-10-12-23(13-11-22)32-18-5-19-33-26(29)4-2/h4,6-17H,2-3,5,18-19H2,1H3. The molecule has 0 aliphatic carbocycles. The number of carbonyl (C=O) groups is 3. The van der Waals surface area contributed by atoms with Crippen molar-refractivity contribution < 1.29 is 33.3 Å². The van der Waals surface area contributed by atoms with Gasteiger partial charge >= 0.3 is 17.9 Å². The molecular formula is C28H26O7. The van der Waals surface area contributed by atoms with Crippen molar-refractivity contribution in [1.82, 2.24) is 0 Å². The monoisotopic (exact) mass is 474 g/mol. The largest absolute Gasteiger partial charge is 0.493 e. The van der Waals surface area contributed by atoms with Crippen molar-refractivity contribution in [2.24, 2.45) is 0 Å². The Bertz CT molecular complexity index is 1150. The number of carbonyl (C=O) groups excluding carboxylic acids is 3. The summed E-state index contributed by atoms with van der Waals surface area (Å²) in [4.78, 5) is 35.7. The summed E-state index contributed by atoms with van der Waals surface area (Å²) in [5.74, 6) is -0.231. The molecule has 0 bridgehead atoms. The lowest BCUT2D eigenvalue weighted by Crippen LogP contribution is -2.10. The number of benzene rings is 3. The van der Waals surface area contributed by atoms with Crippen LogP contribution in [0.25, 0.3) is 0 Å². The average Bonchev–Trinajstić information content (AvgIpc) is 2.89. The zero-order chi connectivity index (χ0) is 25.0. The molecule has 7 nitrogen and oxygen atoms in total. The second-order valence-corrected chi connectivity index (χ2v) is 7.40. The molecule has 0 fully saturated rings. The van der Waals surface area contributed by atoms with Crippen molar-refractivity contribution in [1.29, 1.82) is 0 Å². The fourth-order valence-electron chi connectivity index (χ4n) is 2.95. The molecule has 0 heterocycles. The van der Waals surface area contributed by atoms with Crippen LogP contribution in [-0.4, -0.2) is 31.1 Å². The molecule has 0 aliphatic heterocycles. The van der Waals surface area contributed by atoms with Gasteiger partial charge in [0.15, 0.2) is 0 Å². The Morgan fingerprint density at radius 3 is 1.69 bits per heavy atom. The van der Waals surface area contributed by atoms with E-state index < -0.39 is 17.9 Å². The van der Waals surface area contributed by atoms with E-state index in [1.807, 2.05) is 19.1 Å². The molecule has 3 rings (SSSR count). The molecule has 0 radical (unpaired) electrons. The Hall–Kier alpha value is -4.39. The molecule has 35 heavy (non-hydrogen) atoms. The summed E-state index contributed by atoms with van der Waals surface area (Å²) in [5.41, 5.74) is 1.95. The highest BCUT2D eigenvalue weighted by Crippen LogP contribution is 2.21. The first kappa shape index (κ1) is 25.2. The fourth-order valence-corrected chi connectivity index (χ4v) is 2.95. The fraction of sp³-hybridized carbons (Fsp3) is 0.179. The van der Waals surface area contributed by atoms with Gasteiger partial charge in [0.1, 0.15) is 17.2 Å². The molecule has 0 amide bonds. The minimum absolute atomic E-state index is 0.235. The van der Waals surface area contributed by atoms with Crippen LogP contribution in [0.5, 0.6) is 17.2 Å². The van der Waals surface area contributed by atoms with Crippen LogP contribution in [0.15, 0.2) is 85.5 Å². The van der Waals surface area contributed by atoms with Crippen molar-refractivity contribution >= 4 is 17.9 Å². The van der Waals surface area contributed by atoms with Gasteiger partial charge in [0, 0.05) is 12.5 Å². The van der Waals surface area contributed by atoms with Crippen LogP contribution in [0.3, 0.4) is 0 Å². The van der Waals surface area contributed by atoms with E-state index in [-0.39, 0.29) is 6.61 Å². The highest BCUT2D eigenvalue weighted by Gasteiger charge is 2.11. The van der Waals surface area contributed by atoms with Gasteiger partial charge < -0.3 is 18.9 Å². The van der Waals surface area contributed by atoms with Crippen LogP contribution >= 0.6 is 0 Å². The topological polar surface area (TPSA) is 88.1 Å². The van der Waals surface area contributed by atoms with Gasteiger partial charge in [0.25, 0.3) is 0 Å². The van der Waals surface area contributed by atoms with Gasteiger partial charge in [-0.25, -0.2) is 14.4 Å². The number of ether oxygens (including phenoxy) is 4. The molecular weight excluding hydrogens is 448 g/mol. The minimum atomic E-state index is -0.534. The van der Waals surface area contributed by atoms with E-state index >= 15 is 0 Å². The first-order valence-electron chi connectivity index (χ1n) is 11.1. The second-order valence-electron chi connectivity index (χ2n) is 7.40. The maximum Gasteiger partial charge on any atom is 0.343 e. The number of hydrogen-bond donors (Lipinski definition) is 0. The van der Waals surface area contributed by atoms with Gasteiger partial charge in [-0.3, -0.25) is 0 Å². The molecule has 0 N–H and O–H groups in total. The molecule has 0 saturated heterocycles. The van der Waals surface area contributed by atoms with Gasteiger partial charge in [0.2, 0.25) is 0 Å². The molecule has 180 valence electrons. The SMILES string of the molecule is C=CC(=O)OCCCOc1ccc(C(=O)Oc2ccc(OC(=O)c3ccc(CC)cc3)cc2)cc1. The molecule has 0 aromatic heterocycles. The van der Waals surface area contributed by atoms with Crippen molar-refractivity contribution in [3.63, 3.8) is 0 Å². The van der Waals surface area contributed by atoms with Gasteiger partial charge in [-0.2, -0.15) is 0 Å². The van der Waals surface area contributed by atoms with E-state index in [1.165, 1.54) is 0 Å². The Morgan fingerprint density at radius 2 is 1.20 bits per heavy atom. The molecule has 0 saturated carbocycles. The third-order valence-electron chi connectivity index (χ3n) is 4.90. The summed E-state index contributed by atoms with van der Waals surface area (Å²) in [5, 5.41) is 0. The number of hydrogen-bond acceptors (Lipinski definition) is 7. The van der Waals surface area contributed by atoms with Crippen molar-refractivity contribution in [2.45, 2.75) is 19.8 Å². The Morgan fingerprint density at radius 1 is 0.714 bits per heavy atom. The number of aryl methyl sites for hydroxylation is 1. The predicted octanol–water partition coefficient (Wildman–Crippen LogP) is 5.19. The lowest BCUT2D eigenvalue weighted by molar-refractivity contribution is -0.137. The highest BCUT2D eigenvalue weighted by molar-refractivity contribution is 5.92. The quantitative estimate of drug-likeness (QED) is 0.164. The molecule has 0 aliphatic rings. The summed E-state index contributed by atoms with van der Waals surface area (Å²) in [6.07, 6.45) is 2.53. The smallest absolute Gasteiger partial charge is 0.343 e. The van der Waals surface area contributed by atoms with Crippen LogP contribution in [-0.2, 0) is 16.0 Å². The van der Waals surface area contributed by atoms with Gasteiger partial charge in [-0.05, 0) is 72.6 Å². The average molecular weight is 475 g/mol. The summed E-state index contributed by atoms with van der Waals surface area (Å²) in [6, 6.07) is 20.0. The van der Waals surface area contributed by atoms with E-state index in [1.54, 1.807) is 60.7 Å². The summed E-state index contributed by atoms with van der Waals surface area (Å²) in [6.45, 7) is 5.96. The van der Waals surface area contributed by atoms with E-state index in [9.17, 15) is 14.4 Å². The maximum atomic E-state index is 12.4. The van der Waals surface area contributed by atoms with Crippen LogP contribution in [0.2, 0.25) is 0 Å². The van der Waals surface area contributed by atoms with Crippen LogP contribution in [0.4, 0.5) is 0 Å². The van der Waals surface area contributed by atoms with Crippen molar-refractivity contribution in [2.75, 3.05) is 13.2 Å². The van der Waals surface area contributed by atoms with Gasteiger partial charge in [0.05, 0.1) is 24.3 Å². The predicted molar refractivity (Wildman–Crippen MR) is 130 cm³/mol. The third kappa shape index (κ3) is 7.85. The van der Waals surface area contributed by atoms with Crippen LogP contribution < -0.4 is 14.2 Å². The first-order chi connectivity index (χ1) is 17.0. The van der Waals surface area contributed by atoms with E-state index in [0.717, 1.165) is 18.1 Å².